The van der Waals surface area contributed by atoms with Gasteiger partial charge < -0.3 is 4.74 Å². The van der Waals surface area contributed by atoms with Gasteiger partial charge in [-0.05, 0) is 12.0 Å². The van der Waals surface area contributed by atoms with Crippen LogP contribution >= 0.6 is 0 Å². The summed E-state index contributed by atoms with van der Waals surface area (Å²) in [7, 11) is 0. The van der Waals surface area contributed by atoms with Gasteiger partial charge in [-0.1, -0.05) is 50.1 Å². The molecule has 92 valence electrons. The van der Waals surface area contributed by atoms with Crippen LogP contribution in [0.15, 0.2) is 42.7 Å². The van der Waals surface area contributed by atoms with Crippen LogP contribution in [0.2, 0.25) is 0 Å². The lowest BCUT2D eigenvalue weighted by molar-refractivity contribution is -0.114. The molecule has 2 heteroatoms. The van der Waals surface area contributed by atoms with Crippen LogP contribution in [-0.2, 0) is 16.1 Å². The lowest BCUT2D eigenvalue weighted by Gasteiger charge is -2.00. The Hall–Kier alpha value is -1.57. The molecule has 0 aliphatic carbocycles. The monoisotopic (exact) mass is 232 g/mol. The van der Waals surface area contributed by atoms with Crippen LogP contribution in [0.25, 0.3) is 0 Å². The first kappa shape index (κ1) is 13.5. The van der Waals surface area contributed by atoms with Crippen molar-refractivity contribution in [3.8, 4) is 0 Å². The number of carbonyl (C=O) groups excluding carboxylic acids is 1. The molecule has 0 radical (unpaired) electrons. The summed E-state index contributed by atoms with van der Waals surface area (Å²) in [6.07, 6.45) is 6.88. The van der Waals surface area contributed by atoms with Crippen LogP contribution in [0.1, 0.15) is 38.2 Å². The normalized spacial score (nSPS) is 10.6. The molecule has 0 spiro atoms. The minimum Gasteiger partial charge on any atom is -0.496 e. The van der Waals surface area contributed by atoms with Crippen molar-refractivity contribution in [2.45, 2.75) is 39.2 Å². The van der Waals surface area contributed by atoms with E-state index in [0.717, 1.165) is 24.8 Å². The summed E-state index contributed by atoms with van der Waals surface area (Å²) >= 11 is 0. The van der Waals surface area contributed by atoms with E-state index in [-0.39, 0.29) is 5.78 Å². The number of benzene rings is 1. The van der Waals surface area contributed by atoms with Crippen molar-refractivity contribution in [2.75, 3.05) is 0 Å². The Morgan fingerprint density at radius 2 is 2.00 bits per heavy atom. The summed E-state index contributed by atoms with van der Waals surface area (Å²) in [6.45, 7) is 2.64. The number of unbranched alkanes of at least 4 members (excludes halogenated alkanes) is 2. The molecule has 0 amide bonds. The highest BCUT2D eigenvalue weighted by Gasteiger charge is 1.95. The van der Waals surface area contributed by atoms with Crippen molar-refractivity contribution < 1.29 is 9.53 Å². The van der Waals surface area contributed by atoms with Crippen LogP contribution in [-0.4, -0.2) is 5.78 Å². The van der Waals surface area contributed by atoms with Crippen LogP contribution in [0, 0.1) is 0 Å². The molecule has 0 bridgehead atoms. The van der Waals surface area contributed by atoms with E-state index in [2.05, 4.69) is 6.92 Å². The average Bonchev–Trinajstić information content (AvgIpc) is 2.36. The number of ether oxygens (including phenoxy) is 1. The molecule has 0 aliphatic heterocycles. The fraction of sp³-hybridized carbons (Fsp3) is 0.400. The molecule has 0 unspecified atom stereocenters. The molecule has 0 aliphatic rings. The Labute approximate surface area is 103 Å². The molecular weight excluding hydrogens is 212 g/mol. The third kappa shape index (κ3) is 6.56. The highest BCUT2D eigenvalue weighted by Crippen LogP contribution is 2.02. The van der Waals surface area contributed by atoms with E-state index in [4.69, 9.17) is 4.74 Å². The molecule has 1 aromatic rings. The van der Waals surface area contributed by atoms with E-state index in [0.29, 0.717) is 13.0 Å². The van der Waals surface area contributed by atoms with Gasteiger partial charge >= 0.3 is 0 Å². The Kier molecular flexibility index (Phi) is 6.80. The van der Waals surface area contributed by atoms with E-state index in [1.165, 1.54) is 12.3 Å². The van der Waals surface area contributed by atoms with Crippen molar-refractivity contribution in [3.63, 3.8) is 0 Å². The van der Waals surface area contributed by atoms with E-state index in [9.17, 15) is 4.79 Å². The maximum absolute atomic E-state index is 11.4. The Morgan fingerprint density at radius 3 is 2.71 bits per heavy atom. The first-order chi connectivity index (χ1) is 8.33. The van der Waals surface area contributed by atoms with Crippen molar-refractivity contribution in [1.82, 2.24) is 0 Å². The Morgan fingerprint density at radius 1 is 1.24 bits per heavy atom. The van der Waals surface area contributed by atoms with E-state index in [1.54, 1.807) is 0 Å². The van der Waals surface area contributed by atoms with Crippen LogP contribution in [0.5, 0.6) is 0 Å². The lowest BCUT2D eigenvalue weighted by atomic mass is 10.1. The quantitative estimate of drug-likeness (QED) is 0.386. The van der Waals surface area contributed by atoms with Crippen LogP contribution in [0.3, 0.4) is 0 Å². The number of ketones is 1. The molecule has 1 aromatic carbocycles. The fourth-order valence-corrected chi connectivity index (χ4v) is 1.48. The summed E-state index contributed by atoms with van der Waals surface area (Å²) < 4.78 is 5.30. The largest absolute Gasteiger partial charge is 0.496 e. The summed E-state index contributed by atoms with van der Waals surface area (Å²) in [6, 6.07) is 9.90. The fourth-order valence-electron chi connectivity index (χ4n) is 1.48. The van der Waals surface area contributed by atoms with Gasteiger partial charge in [0.2, 0.25) is 0 Å². The van der Waals surface area contributed by atoms with Crippen molar-refractivity contribution >= 4 is 5.78 Å². The van der Waals surface area contributed by atoms with E-state index >= 15 is 0 Å². The molecule has 0 N–H and O–H groups in total. The second kappa shape index (κ2) is 8.57. The number of rotatable bonds is 8. The summed E-state index contributed by atoms with van der Waals surface area (Å²) in [5.74, 6) is 0.145. The minimum atomic E-state index is 0.145. The molecule has 0 atom stereocenters. The zero-order chi connectivity index (χ0) is 12.3. The van der Waals surface area contributed by atoms with Gasteiger partial charge in [-0.3, -0.25) is 4.79 Å². The summed E-state index contributed by atoms with van der Waals surface area (Å²) in [5, 5.41) is 0. The third-order valence-electron chi connectivity index (χ3n) is 2.47. The summed E-state index contributed by atoms with van der Waals surface area (Å²) in [4.78, 5) is 11.4. The van der Waals surface area contributed by atoms with Gasteiger partial charge in [0.1, 0.15) is 6.61 Å². The van der Waals surface area contributed by atoms with Gasteiger partial charge in [-0.2, -0.15) is 0 Å². The van der Waals surface area contributed by atoms with Gasteiger partial charge in [0.15, 0.2) is 5.78 Å². The van der Waals surface area contributed by atoms with Crippen LogP contribution < -0.4 is 0 Å². The van der Waals surface area contributed by atoms with Crippen molar-refractivity contribution in [2.24, 2.45) is 0 Å². The zero-order valence-electron chi connectivity index (χ0n) is 10.4. The minimum absolute atomic E-state index is 0.145. The number of hydrogen-bond donors (Lipinski definition) is 0. The smallest absolute Gasteiger partial charge is 0.158 e. The predicted octanol–water partition coefficient (Wildman–Crippen LogP) is 3.87. The van der Waals surface area contributed by atoms with Crippen molar-refractivity contribution in [3.05, 3.63) is 48.2 Å². The zero-order valence-corrected chi connectivity index (χ0v) is 10.4. The summed E-state index contributed by atoms with van der Waals surface area (Å²) in [5.41, 5.74) is 1.11. The molecule has 17 heavy (non-hydrogen) atoms. The molecule has 2 nitrogen and oxygen atoms in total. The molecule has 0 saturated heterocycles. The first-order valence-electron chi connectivity index (χ1n) is 6.18. The maximum atomic E-state index is 11.4. The first-order valence-corrected chi connectivity index (χ1v) is 6.18. The van der Waals surface area contributed by atoms with Gasteiger partial charge in [-0.15, -0.1) is 0 Å². The number of hydrogen-bond acceptors (Lipinski definition) is 2. The molecular formula is C15H20O2. The molecule has 1 rings (SSSR count). The van der Waals surface area contributed by atoms with E-state index < -0.39 is 0 Å². The number of allylic oxidation sites excluding steroid dienone is 1. The van der Waals surface area contributed by atoms with E-state index in [1.807, 2.05) is 30.3 Å². The third-order valence-corrected chi connectivity index (χ3v) is 2.47. The molecule has 0 heterocycles. The van der Waals surface area contributed by atoms with Crippen molar-refractivity contribution in [1.29, 1.82) is 0 Å². The van der Waals surface area contributed by atoms with Crippen LogP contribution in [0.4, 0.5) is 0 Å². The van der Waals surface area contributed by atoms with Gasteiger partial charge in [0.05, 0.1) is 6.26 Å². The van der Waals surface area contributed by atoms with Gasteiger partial charge in [-0.25, -0.2) is 0 Å². The number of carbonyl (C=O) groups is 1. The average molecular weight is 232 g/mol. The predicted molar refractivity (Wildman–Crippen MR) is 69.5 cm³/mol. The Bertz CT molecular complexity index is 341. The molecule has 0 saturated carbocycles. The highest BCUT2D eigenvalue weighted by atomic mass is 16.5. The second-order valence-corrected chi connectivity index (χ2v) is 4.02. The lowest BCUT2D eigenvalue weighted by Crippen LogP contribution is -1.93. The standard InChI is InChI=1S/C15H20O2/c1-2-3-5-10-15(16)11-12-17-13-14-8-6-4-7-9-14/h4,6-9,11-12H,2-3,5,10,13H2,1H3/b12-11+. The molecule has 0 aromatic heterocycles. The molecule has 0 fully saturated rings. The maximum Gasteiger partial charge on any atom is 0.158 e. The second-order valence-electron chi connectivity index (χ2n) is 4.02. The SMILES string of the molecule is CCCCCC(=O)/C=C/OCc1ccccc1. The highest BCUT2D eigenvalue weighted by molar-refractivity contribution is 5.89. The topological polar surface area (TPSA) is 26.3 Å². The van der Waals surface area contributed by atoms with Gasteiger partial charge in [0, 0.05) is 12.5 Å². The Balaban J connectivity index is 2.15. The van der Waals surface area contributed by atoms with Gasteiger partial charge in [0.25, 0.3) is 0 Å².